The van der Waals surface area contributed by atoms with Crippen LogP contribution in [0.4, 0.5) is 4.79 Å². The van der Waals surface area contributed by atoms with E-state index in [2.05, 4.69) is 17.6 Å². The van der Waals surface area contributed by atoms with E-state index >= 15 is 0 Å². The fourth-order valence-corrected chi connectivity index (χ4v) is 0.903. The van der Waals surface area contributed by atoms with E-state index < -0.39 is 6.09 Å². The van der Waals surface area contributed by atoms with Crippen molar-refractivity contribution in [2.24, 2.45) is 0 Å². The Morgan fingerprint density at radius 3 is 2.67 bits per heavy atom. The number of hydrogen-bond acceptors (Lipinski definition) is 2. The average molecular weight is 174 g/mol. The second-order valence-electron chi connectivity index (χ2n) is 2.72. The predicted octanol–water partition coefficient (Wildman–Crippen LogP) is 1.38. The molecular formula is C8H18N2O2. The van der Waals surface area contributed by atoms with Crippen molar-refractivity contribution in [2.75, 3.05) is 13.2 Å². The van der Waals surface area contributed by atoms with Crippen molar-refractivity contribution in [1.29, 1.82) is 0 Å². The summed E-state index contributed by atoms with van der Waals surface area (Å²) in [5.74, 6) is 0. The summed E-state index contributed by atoms with van der Waals surface area (Å²) >= 11 is 0. The van der Waals surface area contributed by atoms with Crippen LogP contribution in [0.2, 0.25) is 0 Å². The van der Waals surface area contributed by atoms with E-state index in [1.54, 1.807) is 0 Å². The SMILES string of the molecule is CCCCCCNCNC(=O)O. The lowest BCUT2D eigenvalue weighted by atomic mass is 10.2. The quantitative estimate of drug-likeness (QED) is 0.403. The fourth-order valence-electron chi connectivity index (χ4n) is 0.903. The molecule has 1 amide bonds. The van der Waals surface area contributed by atoms with E-state index in [9.17, 15) is 4.79 Å². The summed E-state index contributed by atoms with van der Waals surface area (Å²) in [7, 11) is 0. The normalized spacial score (nSPS) is 9.75. The molecule has 0 radical (unpaired) electrons. The van der Waals surface area contributed by atoms with Crippen molar-refractivity contribution in [2.45, 2.75) is 32.6 Å². The summed E-state index contributed by atoms with van der Waals surface area (Å²) in [5, 5.41) is 13.4. The Kier molecular flexibility index (Phi) is 7.79. The highest BCUT2D eigenvalue weighted by atomic mass is 16.4. The third kappa shape index (κ3) is 9.23. The molecule has 0 saturated carbocycles. The van der Waals surface area contributed by atoms with E-state index in [1.807, 2.05) is 0 Å². The molecule has 0 aromatic carbocycles. The second-order valence-corrected chi connectivity index (χ2v) is 2.72. The van der Waals surface area contributed by atoms with Crippen LogP contribution in [0, 0.1) is 0 Å². The number of amides is 1. The Labute approximate surface area is 73.3 Å². The van der Waals surface area contributed by atoms with E-state index in [0.29, 0.717) is 6.67 Å². The summed E-state index contributed by atoms with van der Waals surface area (Å²) < 4.78 is 0. The molecule has 0 aliphatic carbocycles. The number of carboxylic acid groups (broad SMARTS) is 1. The maximum atomic E-state index is 9.98. The number of hydrogen-bond donors (Lipinski definition) is 3. The summed E-state index contributed by atoms with van der Waals surface area (Å²) in [5.41, 5.74) is 0. The zero-order chi connectivity index (χ0) is 9.23. The number of nitrogens with one attached hydrogen (secondary N) is 2. The minimum Gasteiger partial charge on any atom is -0.465 e. The maximum absolute atomic E-state index is 9.98. The van der Waals surface area contributed by atoms with E-state index in [1.165, 1.54) is 19.3 Å². The lowest BCUT2D eigenvalue weighted by Crippen LogP contribution is -2.33. The van der Waals surface area contributed by atoms with Gasteiger partial charge in [-0.3, -0.25) is 5.32 Å². The molecule has 0 aliphatic rings. The first-order valence-electron chi connectivity index (χ1n) is 4.45. The lowest BCUT2D eigenvalue weighted by molar-refractivity contribution is 0.193. The van der Waals surface area contributed by atoms with E-state index in [0.717, 1.165) is 13.0 Å². The molecule has 0 spiro atoms. The third-order valence-electron chi connectivity index (χ3n) is 1.57. The molecule has 0 aliphatic heterocycles. The van der Waals surface area contributed by atoms with Gasteiger partial charge in [0.05, 0.1) is 6.67 Å². The molecule has 0 aromatic rings. The van der Waals surface area contributed by atoms with Gasteiger partial charge in [0.25, 0.3) is 0 Å². The van der Waals surface area contributed by atoms with Crippen LogP contribution in [-0.4, -0.2) is 24.4 Å². The number of rotatable bonds is 7. The van der Waals surface area contributed by atoms with Crippen LogP contribution in [-0.2, 0) is 0 Å². The highest BCUT2D eigenvalue weighted by Gasteiger charge is 1.91. The summed E-state index contributed by atoms with van der Waals surface area (Å²) in [6.07, 6.45) is 3.85. The molecule has 12 heavy (non-hydrogen) atoms. The Balaban J connectivity index is 2.86. The van der Waals surface area contributed by atoms with Crippen LogP contribution >= 0.6 is 0 Å². The van der Waals surface area contributed by atoms with Gasteiger partial charge in [0.15, 0.2) is 0 Å². The molecule has 0 bridgehead atoms. The summed E-state index contributed by atoms with van der Waals surface area (Å²) in [4.78, 5) is 9.98. The van der Waals surface area contributed by atoms with Crippen LogP contribution < -0.4 is 10.6 Å². The van der Waals surface area contributed by atoms with Gasteiger partial charge >= 0.3 is 6.09 Å². The van der Waals surface area contributed by atoms with Gasteiger partial charge in [-0.2, -0.15) is 0 Å². The Morgan fingerprint density at radius 1 is 1.33 bits per heavy atom. The van der Waals surface area contributed by atoms with Gasteiger partial charge < -0.3 is 10.4 Å². The topological polar surface area (TPSA) is 61.4 Å². The molecular weight excluding hydrogens is 156 g/mol. The van der Waals surface area contributed by atoms with Crippen molar-refractivity contribution in [3.05, 3.63) is 0 Å². The Morgan fingerprint density at radius 2 is 2.08 bits per heavy atom. The van der Waals surface area contributed by atoms with Gasteiger partial charge in [0.2, 0.25) is 0 Å². The van der Waals surface area contributed by atoms with Gasteiger partial charge in [-0.25, -0.2) is 4.79 Å². The molecule has 3 N–H and O–H groups in total. The third-order valence-corrected chi connectivity index (χ3v) is 1.57. The molecule has 72 valence electrons. The first-order chi connectivity index (χ1) is 5.77. The van der Waals surface area contributed by atoms with E-state index in [4.69, 9.17) is 5.11 Å². The first-order valence-corrected chi connectivity index (χ1v) is 4.45. The van der Waals surface area contributed by atoms with Gasteiger partial charge in [-0.05, 0) is 13.0 Å². The fraction of sp³-hybridized carbons (Fsp3) is 0.875. The number of carbonyl (C=O) groups is 1. The monoisotopic (exact) mass is 174 g/mol. The van der Waals surface area contributed by atoms with Crippen molar-refractivity contribution in [3.63, 3.8) is 0 Å². The van der Waals surface area contributed by atoms with E-state index in [-0.39, 0.29) is 0 Å². The standard InChI is InChI=1S/C8H18N2O2/c1-2-3-4-5-6-9-7-10-8(11)12/h9-10H,2-7H2,1H3,(H,11,12). The molecule has 0 heterocycles. The minimum absolute atomic E-state index is 0.349. The molecule has 0 saturated heterocycles. The van der Waals surface area contributed by atoms with Crippen LogP contribution in [0.15, 0.2) is 0 Å². The van der Waals surface area contributed by atoms with Gasteiger partial charge in [0, 0.05) is 0 Å². The van der Waals surface area contributed by atoms with Crippen molar-refractivity contribution in [1.82, 2.24) is 10.6 Å². The summed E-state index contributed by atoms with van der Waals surface area (Å²) in [6.45, 7) is 3.40. The Hall–Kier alpha value is -0.770. The maximum Gasteiger partial charge on any atom is 0.405 e. The van der Waals surface area contributed by atoms with Crippen LogP contribution in [0.25, 0.3) is 0 Å². The zero-order valence-corrected chi connectivity index (χ0v) is 7.60. The largest absolute Gasteiger partial charge is 0.465 e. The highest BCUT2D eigenvalue weighted by molar-refractivity contribution is 5.64. The molecule has 0 atom stereocenters. The van der Waals surface area contributed by atoms with Crippen molar-refractivity contribution < 1.29 is 9.90 Å². The Bertz CT molecular complexity index is 118. The lowest BCUT2D eigenvalue weighted by Gasteiger charge is -2.03. The molecule has 4 nitrogen and oxygen atoms in total. The predicted molar refractivity (Wildman–Crippen MR) is 48.2 cm³/mol. The summed E-state index contributed by atoms with van der Waals surface area (Å²) in [6, 6.07) is 0. The highest BCUT2D eigenvalue weighted by Crippen LogP contribution is 1.96. The molecule has 0 aromatic heterocycles. The van der Waals surface area contributed by atoms with Crippen LogP contribution in [0.5, 0.6) is 0 Å². The van der Waals surface area contributed by atoms with Gasteiger partial charge in [0.1, 0.15) is 0 Å². The molecule has 0 fully saturated rings. The minimum atomic E-state index is -0.976. The van der Waals surface area contributed by atoms with Crippen molar-refractivity contribution >= 4 is 6.09 Å². The van der Waals surface area contributed by atoms with Gasteiger partial charge in [-0.1, -0.05) is 26.2 Å². The van der Waals surface area contributed by atoms with Crippen LogP contribution in [0.3, 0.4) is 0 Å². The second kappa shape index (κ2) is 8.33. The zero-order valence-electron chi connectivity index (χ0n) is 7.60. The average Bonchev–Trinajstić information content (AvgIpc) is 2.02. The van der Waals surface area contributed by atoms with Gasteiger partial charge in [-0.15, -0.1) is 0 Å². The molecule has 0 rings (SSSR count). The van der Waals surface area contributed by atoms with Crippen molar-refractivity contribution in [3.8, 4) is 0 Å². The molecule has 4 heteroatoms. The first kappa shape index (κ1) is 11.2. The molecule has 0 unspecified atom stereocenters. The van der Waals surface area contributed by atoms with Crippen LogP contribution in [0.1, 0.15) is 32.6 Å². The number of unbranched alkanes of at least 4 members (excludes halogenated alkanes) is 3. The smallest absolute Gasteiger partial charge is 0.405 e.